The van der Waals surface area contributed by atoms with E-state index in [2.05, 4.69) is 20.9 Å². The number of aryl methyl sites for hydroxylation is 1. The Labute approximate surface area is 116 Å². The summed E-state index contributed by atoms with van der Waals surface area (Å²) in [6.45, 7) is 0.502. The van der Waals surface area contributed by atoms with E-state index in [1.54, 1.807) is 0 Å². The quantitative estimate of drug-likeness (QED) is 0.794. The maximum Gasteiger partial charge on any atom is 0.267 e. The average molecular weight is 327 g/mol. The summed E-state index contributed by atoms with van der Waals surface area (Å²) in [6, 6.07) is 3.68. The molecule has 0 unspecified atom stereocenters. The van der Waals surface area contributed by atoms with Gasteiger partial charge >= 0.3 is 0 Å². The van der Waals surface area contributed by atoms with Crippen LogP contribution in [0.15, 0.2) is 39.3 Å². The molecule has 0 saturated heterocycles. The first-order valence-corrected chi connectivity index (χ1v) is 7.12. The number of thiophene rings is 1. The van der Waals surface area contributed by atoms with E-state index in [1.165, 1.54) is 28.4 Å². The van der Waals surface area contributed by atoms with E-state index < -0.39 is 0 Å². The van der Waals surface area contributed by atoms with Crippen molar-refractivity contribution in [2.45, 2.75) is 19.4 Å². The molecule has 0 amide bonds. The minimum atomic E-state index is -0.117. The van der Waals surface area contributed by atoms with Gasteiger partial charge in [0.2, 0.25) is 0 Å². The molecule has 0 radical (unpaired) electrons. The lowest BCUT2D eigenvalue weighted by Crippen LogP contribution is -2.21. The van der Waals surface area contributed by atoms with Gasteiger partial charge < -0.3 is 0 Å². The van der Waals surface area contributed by atoms with Crippen LogP contribution in [-0.2, 0) is 6.54 Å². The Bertz CT molecular complexity index is 592. The lowest BCUT2D eigenvalue weighted by molar-refractivity contribution is 0.0982. The molecule has 2 aromatic heterocycles. The van der Waals surface area contributed by atoms with Crippen molar-refractivity contribution in [3.63, 3.8) is 0 Å². The van der Waals surface area contributed by atoms with Crippen molar-refractivity contribution in [3.05, 3.63) is 49.7 Å². The molecule has 2 heterocycles. The Morgan fingerprint density at radius 3 is 3.06 bits per heavy atom. The van der Waals surface area contributed by atoms with E-state index in [0.29, 0.717) is 23.9 Å². The summed E-state index contributed by atoms with van der Waals surface area (Å²) in [7, 11) is 0. The molecule has 0 N–H and O–H groups in total. The highest BCUT2D eigenvalue weighted by Gasteiger charge is 2.07. The number of nitrogens with zero attached hydrogens (tertiary/aromatic N) is 2. The van der Waals surface area contributed by atoms with Gasteiger partial charge in [-0.15, -0.1) is 11.3 Å². The van der Waals surface area contributed by atoms with E-state index in [0.717, 1.165) is 4.88 Å². The highest BCUT2D eigenvalue weighted by atomic mass is 79.9. The zero-order valence-corrected chi connectivity index (χ0v) is 11.9. The van der Waals surface area contributed by atoms with Gasteiger partial charge in [0.1, 0.15) is 4.47 Å². The number of hydrogen-bond acceptors (Lipinski definition) is 4. The van der Waals surface area contributed by atoms with Crippen LogP contribution in [0.2, 0.25) is 0 Å². The summed E-state index contributed by atoms with van der Waals surface area (Å²) in [5, 5.41) is 1.88. The SMILES string of the molecule is O=C(CCCn1cncc(Br)c1=O)c1cccs1. The predicted molar refractivity (Wildman–Crippen MR) is 74.1 cm³/mol. The number of aromatic nitrogens is 2. The van der Waals surface area contributed by atoms with Crippen molar-refractivity contribution in [2.24, 2.45) is 0 Å². The van der Waals surface area contributed by atoms with Crippen LogP contribution in [0.25, 0.3) is 0 Å². The minimum Gasteiger partial charge on any atom is -0.298 e. The highest BCUT2D eigenvalue weighted by Crippen LogP contribution is 2.12. The second kappa shape index (κ2) is 6.06. The van der Waals surface area contributed by atoms with E-state index in [-0.39, 0.29) is 11.3 Å². The number of carbonyl (C=O) groups is 1. The summed E-state index contributed by atoms with van der Waals surface area (Å²) in [4.78, 5) is 28.1. The lowest BCUT2D eigenvalue weighted by Gasteiger charge is -2.04. The molecular weight excluding hydrogens is 316 g/mol. The fraction of sp³-hybridized carbons (Fsp3) is 0.250. The van der Waals surface area contributed by atoms with Crippen molar-refractivity contribution in [3.8, 4) is 0 Å². The minimum absolute atomic E-state index is 0.117. The molecule has 4 nitrogen and oxygen atoms in total. The molecule has 0 saturated carbocycles. The Kier molecular flexibility index (Phi) is 4.43. The number of Topliss-reactive ketones (excluding diaryl/α,β-unsaturated/α-hetero) is 1. The van der Waals surface area contributed by atoms with Gasteiger partial charge in [0.05, 0.1) is 11.2 Å². The first kappa shape index (κ1) is 13.2. The lowest BCUT2D eigenvalue weighted by atomic mass is 10.2. The third-order valence-electron chi connectivity index (χ3n) is 2.46. The van der Waals surface area contributed by atoms with Crippen LogP contribution in [0.5, 0.6) is 0 Å². The van der Waals surface area contributed by atoms with E-state index in [4.69, 9.17) is 0 Å². The summed E-state index contributed by atoms with van der Waals surface area (Å²) in [6.07, 6.45) is 4.03. The van der Waals surface area contributed by atoms with Crippen molar-refractivity contribution < 1.29 is 4.79 Å². The topological polar surface area (TPSA) is 52.0 Å². The maximum atomic E-state index is 11.7. The molecule has 0 aromatic carbocycles. The summed E-state index contributed by atoms with van der Waals surface area (Å²) < 4.78 is 1.95. The fourth-order valence-corrected chi connectivity index (χ4v) is 2.59. The standard InChI is InChI=1S/C12H11BrN2O2S/c13-9-7-14-8-15(12(9)17)5-1-3-10(16)11-4-2-6-18-11/h2,4,6-8H,1,3,5H2. The third kappa shape index (κ3) is 3.14. The smallest absolute Gasteiger partial charge is 0.267 e. The third-order valence-corrected chi connectivity index (χ3v) is 3.91. The second-order valence-electron chi connectivity index (χ2n) is 3.74. The van der Waals surface area contributed by atoms with Crippen LogP contribution >= 0.6 is 27.3 Å². The van der Waals surface area contributed by atoms with Crippen molar-refractivity contribution in [1.82, 2.24) is 9.55 Å². The van der Waals surface area contributed by atoms with Gasteiger partial charge in [-0.05, 0) is 33.8 Å². The molecule has 0 fully saturated rings. The molecule has 0 aliphatic rings. The first-order valence-electron chi connectivity index (χ1n) is 5.45. The Hall–Kier alpha value is -1.27. The molecule has 6 heteroatoms. The summed E-state index contributed by atoms with van der Waals surface area (Å²) in [5.74, 6) is 0.126. The summed E-state index contributed by atoms with van der Waals surface area (Å²) >= 11 is 4.58. The predicted octanol–water partition coefficient (Wildman–Crippen LogP) is 2.73. The Morgan fingerprint density at radius 2 is 2.33 bits per heavy atom. The van der Waals surface area contributed by atoms with Gasteiger partial charge in [-0.3, -0.25) is 14.2 Å². The van der Waals surface area contributed by atoms with Crippen molar-refractivity contribution in [1.29, 1.82) is 0 Å². The summed E-state index contributed by atoms with van der Waals surface area (Å²) in [5.41, 5.74) is -0.117. The second-order valence-corrected chi connectivity index (χ2v) is 5.55. The monoisotopic (exact) mass is 326 g/mol. The molecule has 18 heavy (non-hydrogen) atoms. The number of hydrogen-bond donors (Lipinski definition) is 0. The Morgan fingerprint density at radius 1 is 1.50 bits per heavy atom. The molecule has 0 bridgehead atoms. The van der Waals surface area contributed by atoms with E-state index >= 15 is 0 Å². The van der Waals surface area contributed by atoms with Gasteiger partial charge in [-0.2, -0.15) is 0 Å². The highest BCUT2D eigenvalue weighted by molar-refractivity contribution is 9.10. The molecule has 2 rings (SSSR count). The van der Waals surface area contributed by atoms with Gasteiger partial charge in [-0.1, -0.05) is 6.07 Å². The fourth-order valence-electron chi connectivity index (χ4n) is 1.55. The number of halogens is 1. The van der Waals surface area contributed by atoms with Gasteiger partial charge in [0.25, 0.3) is 5.56 Å². The number of carbonyl (C=O) groups excluding carboxylic acids is 1. The molecule has 0 aliphatic heterocycles. The molecular formula is C12H11BrN2O2S. The van der Waals surface area contributed by atoms with Crippen LogP contribution in [0.3, 0.4) is 0 Å². The number of ketones is 1. The van der Waals surface area contributed by atoms with Crippen molar-refractivity contribution in [2.75, 3.05) is 0 Å². The Balaban J connectivity index is 1.91. The van der Waals surface area contributed by atoms with Crippen LogP contribution in [-0.4, -0.2) is 15.3 Å². The molecule has 0 aliphatic carbocycles. The van der Waals surface area contributed by atoms with Crippen LogP contribution in [0.1, 0.15) is 22.5 Å². The van der Waals surface area contributed by atoms with Gasteiger partial charge in [-0.25, -0.2) is 4.98 Å². The largest absolute Gasteiger partial charge is 0.298 e. The molecule has 0 atom stereocenters. The molecule has 94 valence electrons. The first-order chi connectivity index (χ1) is 8.68. The van der Waals surface area contributed by atoms with Crippen LogP contribution in [0.4, 0.5) is 0 Å². The van der Waals surface area contributed by atoms with E-state index in [9.17, 15) is 9.59 Å². The zero-order valence-electron chi connectivity index (χ0n) is 9.51. The normalized spacial score (nSPS) is 10.5. The van der Waals surface area contributed by atoms with Gasteiger partial charge in [0, 0.05) is 19.2 Å². The number of rotatable bonds is 5. The van der Waals surface area contributed by atoms with Gasteiger partial charge in [0.15, 0.2) is 5.78 Å². The molecule has 2 aromatic rings. The van der Waals surface area contributed by atoms with Crippen LogP contribution < -0.4 is 5.56 Å². The zero-order chi connectivity index (χ0) is 13.0. The van der Waals surface area contributed by atoms with Crippen LogP contribution in [0, 0.1) is 0 Å². The molecule has 0 spiro atoms. The van der Waals surface area contributed by atoms with E-state index in [1.807, 2.05) is 17.5 Å². The van der Waals surface area contributed by atoms with Crippen molar-refractivity contribution >= 4 is 33.0 Å². The maximum absolute atomic E-state index is 11.7. The average Bonchev–Trinajstić information content (AvgIpc) is 2.88.